The number of thiazole rings is 1. The average molecular weight is 244 g/mol. The van der Waals surface area contributed by atoms with Gasteiger partial charge in [0.2, 0.25) is 0 Å². The summed E-state index contributed by atoms with van der Waals surface area (Å²) in [5.41, 5.74) is 3.07. The first-order valence-electron chi connectivity index (χ1n) is 5.42. The van der Waals surface area contributed by atoms with E-state index >= 15 is 0 Å². The highest BCUT2D eigenvalue weighted by Crippen LogP contribution is 2.12. The molecular formula is C11H20N2S2. The summed E-state index contributed by atoms with van der Waals surface area (Å²) in [6.07, 6.45) is 2.51. The number of thiol groups is 1. The number of rotatable bonds is 7. The molecule has 0 aliphatic rings. The summed E-state index contributed by atoms with van der Waals surface area (Å²) in [6, 6.07) is 0. The normalized spacial score (nSPS) is 13.3. The van der Waals surface area contributed by atoms with Gasteiger partial charge in [0.15, 0.2) is 0 Å². The second-order valence-electron chi connectivity index (χ2n) is 4.01. The van der Waals surface area contributed by atoms with Gasteiger partial charge in [0, 0.05) is 18.5 Å². The van der Waals surface area contributed by atoms with Crippen molar-refractivity contribution in [3.05, 3.63) is 16.6 Å². The van der Waals surface area contributed by atoms with Gasteiger partial charge in [-0.15, -0.1) is 11.3 Å². The van der Waals surface area contributed by atoms with Crippen molar-refractivity contribution in [1.29, 1.82) is 0 Å². The number of hydrogen-bond acceptors (Lipinski definition) is 4. The summed E-state index contributed by atoms with van der Waals surface area (Å²) in [6.45, 7) is 4.31. The average Bonchev–Trinajstić information content (AvgIpc) is 2.69. The lowest BCUT2D eigenvalue weighted by molar-refractivity contribution is 0.271. The van der Waals surface area contributed by atoms with Crippen LogP contribution >= 0.6 is 24.0 Å². The van der Waals surface area contributed by atoms with Crippen molar-refractivity contribution in [2.75, 3.05) is 19.3 Å². The molecule has 1 atom stereocenters. The highest BCUT2D eigenvalue weighted by molar-refractivity contribution is 7.80. The molecule has 0 radical (unpaired) electrons. The molecule has 4 heteroatoms. The topological polar surface area (TPSA) is 16.1 Å². The van der Waals surface area contributed by atoms with E-state index in [1.165, 1.54) is 18.5 Å². The van der Waals surface area contributed by atoms with Crippen LogP contribution in [0.15, 0.2) is 10.9 Å². The first-order valence-corrected chi connectivity index (χ1v) is 7.00. The second kappa shape index (κ2) is 7.25. The van der Waals surface area contributed by atoms with Crippen molar-refractivity contribution in [3.63, 3.8) is 0 Å². The predicted octanol–water partition coefficient (Wildman–Crippen LogP) is 2.92. The maximum absolute atomic E-state index is 4.40. The van der Waals surface area contributed by atoms with Gasteiger partial charge in [-0.25, -0.2) is 4.98 Å². The van der Waals surface area contributed by atoms with Gasteiger partial charge in [-0.1, -0.05) is 13.3 Å². The van der Waals surface area contributed by atoms with E-state index < -0.39 is 0 Å². The zero-order valence-electron chi connectivity index (χ0n) is 9.52. The minimum atomic E-state index is 0.710. The molecule has 0 N–H and O–H groups in total. The zero-order chi connectivity index (χ0) is 11.1. The first-order chi connectivity index (χ1) is 7.26. The third-order valence-corrected chi connectivity index (χ3v) is 3.59. The molecule has 1 unspecified atom stereocenters. The fraction of sp³-hybridized carbons (Fsp3) is 0.727. The Balaban J connectivity index is 2.30. The molecule has 0 spiro atoms. The SMILES string of the molecule is CCCC(CS)CN(C)Cc1cscn1. The third-order valence-electron chi connectivity index (χ3n) is 2.44. The van der Waals surface area contributed by atoms with Crippen molar-refractivity contribution in [3.8, 4) is 0 Å². The first kappa shape index (κ1) is 13.0. The van der Waals surface area contributed by atoms with E-state index in [4.69, 9.17) is 0 Å². The van der Waals surface area contributed by atoms with Crippen molar-refractivity contribution in [2.45, 2.75) is 26.3 Å². The molecule has 1 aromatic rings. The van der Waals surface area contributed by atoms with Gasteiger partial charge >= 0.3 is 0 Å². The molecule has 0 fully saturated rings. The number of aromatic nitrogens is 1. The zero-order valence-corrected chi connectivity index (χ0v) is 11.2. The lowest BCUT2D eigenvalue weighted by Gasteiger charge is -2.21. The van der Waals surface area contributed by atoms with Gasteiger partial charge in [-0.05, 0) is 25.1 Å². The van der Waals surface area contributed by atoms with E-state index in [9.17, 15) is 0 Å². The van der Waals surface area contributed by atoms with Crippen LogP contribution in [0.1, 0.15) is 25.5 Å². The van der Waals surface area contributed by atoms with Crippen LogP contribution in [-0.2, 0) is 6.54 Å². The molecule has 0 bridgehead atoms. The Bertz CT molecular complexity index is 249. The van der Waals surface area contributed by atoms with Gasteiger partial charge in [0.1, 0.15) is 0 Å². The fourth-order valence-electron chi connectivity index (χ4n) is 1.75. The van der Waals surface area contributed by atoms with Crippen LogP contribution < -0.4 is 0 Å². The standard InChI is InChI=1S/C11H20N2S2/c1-3-4-10(7-14)5-13(2)6-11-8-15-9-12-11/h8-10,14H,3-7H2,1-2H3. The summed E-state index contributed by atoms with van der Waals surface area (Å²) in [5, 5.41) is 2.12. The quantitative estimate of drug-likeness (QED) is 0.742. The number of hydrogen-bond donors (Lipinski definition) is 1. The monoisotopic (exact) mass is 244 g/mol. The molecule has 0 aromatic carbocycles. The molecule has 15 heavy (non-hydrogen) atoms. The van der Waals surface area contributed by atoms with E-state index in [0.717, 1.165) is 18.8 Å². The van der Waals surface area contributed by atoms with Gasteiger partial charge in [-0.2, -0.15) is 12.6 Å². The summed E-state index contributed by atoms with van der Waals surface area (Å²) in [5.74, 6) is 1.69. The highest BCUT2D eigenvalue weighted by atomic mass is 32.1. The summed E-state index contributed by atoms with van der Waals surface area (Å²) in [4.78, 5) is 6.63. The molecule has 1 rings (SSSR count). The third kappa shape index (κ3) is 5.00. The maximum atomic E-state index is 4.40. The lowest BCUT2D eigenvalue weighted by atomic mass is 10.1. The van der Waals surface area contributed by atoms with E-state index in [1.807, 2.05) is 5.51 Å². The fourth-order valence-corrected chi connectivity index (χ4v) is 2.59. The van der Waals surface area contributed by atoms with Crippen LogP contribution in [0.2, 0.25) is 0 Å². The van der Waals surface area contributed by atoms with Crippen LogP contribution in [0.25, 0.3) is 0 Å². The van der Waals surface area contributed by atoms with E-state index in [-0.39, 0.29) is 0 Å². The van der Waals surface area contributed by atoms with Gasteiger partial charge in [0.05, 0.1) is 11.2 Å². The predicted molar refractivity (Wildman–Crippen MR) is 70.7 cm³/mol. The van der Waals surface area contributed by atoms with Crippen LogP contribution in [0.5, 0.6) is 0 Å². The van der Waals surface area contributed by atoms with Crippen LogP contribution in [0, 0.1) is 5.92 Å². The summed E-state index contributed by atoms with van der Waals surface area (Å²) < 4.78 is 0. The van der Waals surface area contributed by atoms with Crippen molar-refractivity contribution in [1.82, 2.24) is 9.88 Å². The van der Waals surface area contributed by atoms with Crippen molar-refractivity contribution >= 4 is 24.0 Å². The molecule has 0 amide bonds. The molecule has 0 saturated carbocycles. The Morgan fingerprint density at radius 3 is 2.93 bits per heavy atom. The van der Waals surface area contributed by atoms with Crippen LogP contribution in [0.4, 0.5) is 0 Å². The summed E-state index contributed by atoms with van der Waals surface area (Å²) in [7, 11) is 2.16. The second-order valence-corrected chi connectivity index (χ2v) is 5.10. The Hall–Kier alpha value is -0.0600. The Morgan fingerprint density at radius 2 is 2.40 bits per heavy atom. The molecule has 1 aromatic heterocycles. The van der Waals surface area contributed by atoms with Gasteiger partial charge in [0.25, 0.3) is 0 Å². The van der Waals surface area contributed by atoms with Crippen LogP contribution in [0.3, 0.4) is 0 Å². The largest absolute Gasteiger partial charge is 0.300 e. The molecule has 0 saturated heterocycles. The summed E-state index contributed by atoms with van der Waals surface area (Å²) >= 11 is 6.06. The molecular weight excluding hydrogens is 224 g/mol. The Kier molecular flexibility index (Phi) is 6.29. The minimum Gasteiger partial charge on any atom is -0.300 e. The minimum absolute atomic E-state index is 0.710. The smallest absolute Gasteiger partial charge is 0.0795 e. The van der Waals surface area contributed by atoms with Crippen LogP contribution in [-0.4, -0.2) is 29.2 Å². The Labute approximate surface area is 102 Å². The molecule has 2 nitrogen and oxygen atoms in total. The molecule has 0 aliphatic carbocycles. The van der Waals surface area contributed by atoms with E-state index in [1.54, 1.807) is 11.3 Å². The van der Waals surface area contributed by atoms with E-state index in [0.29, 0.717) is 5.92 Å². The van der Waals surface area contributed by atoms with Gasteiger partial charge < -0.3 is 4.90 Å². The van der Waals surface area contributed by atoms with Crippen molar-refractivity contribution in [2.24, 2.45) is 5.92 Å². The van der Waals surface area contributed by atoms with Gasteiger partial charge in [-0.3, -0.25) is 0 Å². The molecule has 0 aliphatic heterocycles. The van der Waals surface area contributed by atoms with Crippen molar-refractivity contribution < 1.29 is 0 Å². The maximum Gasteiger partial charge on any atom is 0.0795 e. The number of nitrogens with zero attached hydrogens (tertiary/aromatic N) is 2. The molecule has 1 heterocycles. The molecule has 86 valence electrons. The Morgan fingerprint density at radius 1 is 1.60 bits per heavy atom. The highest BCUT2D eigenvalue weighted by Gasteiger charge is 2.10. The van der Waals surface area contributed by atoms with E-state index in [2.05, 4.69) is 41.9 Å². The lowest BCUT2D eigenvalue weighted by Crippen LogP contribution is -2.26.